The molecule has 1 saturated carbocycles. The molecule has 0 bridgehead atoms. The van der Waals surface area contributed by atoms with Crippen LogP contribution in [0.25, 0.3) is 0 Å². The fraction of sp³-hybridized carbons (Fsp3) is 0.533. The van der Waals surface area contributed by atoms with E-state index in [1.165, 1.54) is 4.31 Å². The van der Waals surface area contributed by atoms with Gasteiger partial charge in [0.25, 0.3) is 0 Å². The lowest BCUT2D eigenvalue weighted by Crippen LogP contribution is -2.48. The molecule has 1 aromatic rings. The number of aromatic carboxylic acids is 1. The summed E-state index contributed by atoms with van der Waals surface area (Å²) in [6.45, 7) is 0.113. The summed E-state index contributed by atoms with van der Waals surface area (Å²) in [6, 6.07) is 2.41. The van der Waals surface area contributed by atoms with Crippen LogP contribution in [0, 0.1) is 11.7 Å². The van der Waals surface area contributed by atoms with Crippen molar-refractivity contribution in [1.29, 1.82) is 0 Å². The van der Waals surface area contributed by atoms with E-state index in [4.69, 9.17) is 5.11 Å². The zero-order chi connectivity index (χ0) is 16.8. The van der Waals surface area contributed by atoms with Crippen LogP contribution in [0.3, 0.4) is 0 Å². The van der Waals surface area contributed by atoms with Gasteiger partial charge in [-0.25, -0.2) is 17.6 Å². The average molecular weight is 343 g/mol. The molecule has 1 heterocycles. The van der Waals surface area contributed by atoms with Crippen molar-refractivity contribution in [3.8, 4) is 0 Å². The van der Waals surface area contributed by atoms with Gasteiger partial charge < -0.3 is 10.2 Å². The van der Waals surface area contributed by atoms with Crippen molar-refractivity contribution in [1.82, 2.24) is 4.31 Å². The SMILES string of the molecule is O=C(O)c1ccc(F)c(S(=O)(=O)N2CC[C@@H](O)C[C@@H]2C2CC2)c1. The van der Waals surface area contributed by atoms with Crippen molar-refractivity contribution in [3.63, 3.8) is 0 Å². The Morgan fingerprint density at radius 3 is 2.57 bits per heavy atom. The van der Waals surface area contributed by atoms with E-state index in [-0.39, 0.29) is 24.1 Å². The van der Waals surface area contributed by atoms with Gasteiger partial charge in [0.2, 0.25) is 10.0 Å². The van der Waals surface area contributed by atoms with Crippen molar-refractivity contribution >= 4 is 16.0 Å². The lowest BCUT2D eigenvalue weighted by atomic mass is 9.98. The summed E-state index contributed by atoms with van der Waals surface area (Å²) in [7, 11) is -4.14. The van der Waals surface area contributed by atoms with Crippen LogP contribution in [0.2, 0.25) is 0 Å². The highest BCUT2D eigenvalue weighted by molar-refractivity contribution is 7.89. The van der Waals surface area contributed by atoms with Crippen LogP contribution in [-0.4, -0.2) is 47.6 Å². The van der Waals surface area contributed by atoms with E-state index >= 15 is 0 Å². The zero-order valence-electron chi connectivity index (χ0n) is 12.4. The summed E-state index contributed by atoms with van der Waals surface area (Å²) in [5, 5.41) is 18.8. The summed E-state index contributed by atoms with van der Waals surface area (Å²) in [6.07, 6.45) is 1.86. The minimum Gasteiger partial charge on any atom is -0.478 e. The second-order valence-corrected chi connectivity index (χ2v) is 8.01. The second kappa shape index (κ2) is 5.85. The Bertz CT molecular complexity index is 731. The van der Waals surface area contributed by atoms with Crippen LogP contribution in [0.15, 0.2) is 23.1 Å². The summed E-state index contributed by atoms with van der Waals surface area (Å²) in [5.74, 6) is -2.09. The minimum atomic E-state index is -4.14. The number of aliphatic hydroxyl groups excluding tert-OH is 1. The van der Waals surface area contributed by atoms with Gasteiger partial charge in [-0.1, -0.05) is 0 Å². The predicted octanol–water partition coefficient (Wildman–Crippen LogP) is 1.45. The number of hydrogen-bond acceptors (Lipinski definition) is 4. The van der Waals surface area contributed by atoms with Crippen LogP contribution < -0.4 is 0 Å². The highest BCUT2D eigenvalue weighted by Gasteiger charge is 2.44. The number of nitrogens with zero attached hydrogens (tertiary/aromatic N) is 1. The molecule has 0 spiro atoms. The molecule has 23 heavy (non-hydrogen) atoms. The standard InChI is InChI=1S/C15H18FNO5S/c16-12-4-3-10(15(19)20)7-14(12)23(21,22)17-6-5-11(18)8-13(17)9-1-2-9/h3-4,7,9,11,13,18H,1-2,5-6,8H2,(H,19,20)/t11-,13-/m1/s1. The molecule has 1 aliphatic heterocycles. The van der Waals surface area contributed by atoms with E-state index < -0.39 is 32.8 Å². The number of carboxylic acid groups (broad SMARTS) is 1. The average Bonchev–Trinajstić information content (AvgIpc) is 3.31. The van der Waals surface area contributed by atoms with Crippen molar-refractivity contribution in [3.05, 3.63) is 29.6 Å². The van der Waals surface area contributed by atoms with Crippen LogP contribution in [0.1, 0.15) is 36.0 Å². The van der Waals surface area contributed by atoms with E-state index in [1.54, 1.807) is 0 Å². The fourth-order valence-corrected chi connectivity index (χ4v) is 4.93. The zero-order valence-corrected chi connectivity index (χ0v) is 13.2. The molecule has 1 saturated heterocycles. The lowest BCUT2D eigenvalue weighted by Gasteiger charge is -2.37. The molecular formula is C15H18FNO5S. The molecule has 2 atom stereocenters. The number of aliphatic hydroxyl groups is 1. The molecule has 3 rings (SSSR count). The molecule has 8 heteroatoms. The van der Waals surface area contributed by atoms with Crippen molar-refractivity contribution < 1.29 is 27.8 Å². The number of benzene rings is 1. The molecule has 0 amide bonds. The first kappa shape index (κ1) is 16.4. The van der Waals surface area contributed by atoms with Crippen molar-refractivity contribution in [2.75, 3.05) is 6.54 Å². The minimum absolute atomic E-state index is 0.113. The summed E-state index contributed by atoms with van der Waals surface area (Å²) in [5.41, 5.74) is -0.273. The molecule has 1 aromatic carbocycles. The first-order valence-corrected chi connectivity index (χ1v) is 8.97. The number of halogens is 1. The summed E-state index contributed by atoms with van der Waals surface area (Å²) in [4.78, 5) is 10.4. The molecule has 126 valence electrons. The number of carbonyl (C=O) groups is 1. The Kier molecular flexibility index (Phi) is 4.16. The molecule has 0 unspecified atom stereocenters. The van der Waals surface area contributed by atoms with Gasteiger partial charge in [0.1, 0.15) is 10.7 Å². The number of rotatable bonds is 4. The number of hydrogen-bond donors (Lipinski definition) is 2. The number of sulfonamides is 1. The number of piperidine rings is 1. The van der Waals surface area contributed by atoms with E-state index in [9.17, 15) is 22.7 Å². The Labute approximate surface area is 133 Å². The van der Waals surface area contributed by atoms with Gasteiger partial charge in [0, 0.05) is 12.6 Å². The first-order chi connectivity index (χ1) is 10.8. The highest BCUT2D eigenvalue weighted by atomic mass is 32.2. The Hall–Kier alpha value is -1.51. The Morgan fingerprint density at radius 1 is 1.26 bits per heavy atom. The second-order valence-electron chi connectivity index (χ2n) is 6.15. The normalized spacial score (nSPS) is 26.2. The quantitative estimate of drug-likeness (QED) is 0.863. The van der Waals surface area contributed by atoms with Gasteiger partial charge in [-0.3, -0.25) is 0 Å². The van der Waals surface area contributed by atoms with Crippen molar-refractivity contribution in [2.24, 2.45) is 5.92 Å². The van der Waals surface area contributed by atoms with Crippen LogP contribution in [0.5, 0.6) is 0 Å². The molecule has 0 aromatic heterocycles. The topological polar surface area (TPSA) is 94.9 Å². The Balaban J connectivity index is 2.00. The van der Waals surface area contributed by atoms with E-state index in [2.05, 4.69) is 0 Å². The smallest absolute Gasteiger partial charge is 0.335 e. The maximum absolute atomic E-state index is 14.1. The summed E-state index contributed by atoms with van der Waals surface area (Å²) >= 11 is 0. The van der Waals surface area contributed by atoms with Gasteiger partial charge in [-0.15, -0.1) is 0 Å². The van der Waals surface area contributed by atoms with Crippen LogP contribution >= 0.6 is 0 Å². The highest BCUT2D eigenvalue weighted by Crippen LogP contribution is 2.41. The fourth-order valence-electron chi connectivity index (χ4n) is 3.12. The van der Waals surface area contributed by atoms with Gasteiger partial charge >= 0.3 is 5.97 Å². The summed E-state index contributed by atoms with van der Waals surface area (Å²) < 4.78 is 41.0. The van der Waals surface area contributed by atoms with Crippen molar-refractivity contribution in [2.45, 2.75) is 42.7 Å². The van der Waals surface area contributed by atoms with Gasteiger partial charge in [-0.05, 0) is 49.8 Å². The molecular weight excluding hydrogens is 325 g/mol. The Morgan fingerprint density at radius 2 is 1.96 bits per heavy atom. The third kappa shape index (κ3) is 3.11. The monoisotopic (exact) mass is 343 g/mol. The van der Waals surface area contributed by atoms with Gasteiger partial charge in [0.15, 0.2) is 0 Å². The van der Waals surface area contributed by atoms with E-state index in [0.29, 0.717) is 12.8 Å². The molecule has 1 aliphatic carbocycles. The van der Waals surface area contributed by atoms with Crippen LogP contribution in [0.4, 0.5) is 4.39 Å². The maximum Gasteiger partial charge on any atom is 0.335 e. The molecule has 6 nitrogen and oxygen atoms in total. The molecule has 2 N–H and O–H groups in total. The van der Waals surface area contributed by atoms with E-state index in [1.807, 2.05) is 0 Å². The molecule has 2 fully saturated rings. The molecule has 2 aliphatic rings. The lowest BCUT2D eigenvalue weighted by molar-refractivity contribution is 0.0696. The maximum atomic E-state index is 14.1. The third-order valence-electron chi connectivity index (χ3n) is 4.50. The largest absolute Gasteiger partial charge is 0.478 e. The number of carboxylic acids is 1. The van der Waals surface area contributed by atoms with Crippen LogP contribution in [-0.2, 0) is 10.0 Å². The van der Waals surface area contributed by atoms with E-state index in [0.717, 1.165) is 31.0 Å². The van der Waals surface area contributed by atoms with Gasteiger partial charge in [0.05, 0.1) is 11.7 Å². The predicted molar refractivity (Wildman–Crippen MR) is 79.0 cm³/mol. The first-order valence-electron chi connectivity index (χ1n) is 7.53. The van der Waals surface area contributed by atoms with Gasteiger partial charge in [-0.2, -0.15) is 4.31 Å². The third-order valence-corrected chi connectivity index (χ3v) is 6.44. The molecule has 0 radical (unpaired) electrons.